The van der Waals surface area contributed by atoms with Crippen LogP contribution in [0.4, 0.5) is 13.2 Å². The number of alkyl halides is 3. The number of benzene rings is 1. The van der Waals surface area contributed by atoms with E-state index in [1.165, 1.54) is 12.1 Å². The lowest BCUT2D eigenvalue weighted by atomic mass is 9.96. The van der Waals surface area contributed by atoms with Gasteiger partial charge >= 0.3 is 6.18 Å². The van der Waals surface area contributed by atoms with Crippen LogP contribution < -0.4 is 5.32 Å². The van der Waals surface area contributed by atoms with Crippen LogP contribution in [0.15, 0.2) is 30.3 Å². The van der Waals surface area contributed by atoms with Gasteiger partial charge in [0.25, 0.3) is 0 Å². The van der Waals surface area contributed by atoms with Gasteiger partial charge in [-0.3, -0.25) is 10.1 Å². The molecule has 3 heterocycles. The molecule has 0 aliphatic carbocycles. The quantitative estimate of drug-likeness (QED) is 0.790. The maximum absolute atomic E-state index is 12.8. The minimum Gasteiger partial charge on any atom is -0.344 e. The highest BCUT2D eigenvalue weighted by atomic mass is 35.5. The van der Waals surface area contributed by atoms with Crippen molar-refractivity contribution in [3.63, 3.8) is 0 Å². The van der Waals surface area contributed by atoms with Crippen LogP contribution in [0.25, 0.3) is 11.3 Å². The summed E-state index contributed by atoms with van der Waals surface area (Å²) in [7, 11) is 1.80. The molecule has 5 nitrogen and oxygen atoms in total. The van der Waals surface area contributed by atoms with Crippen LogP contribution in [-0.2, 0) is 11.0 Å². The highest BCUT2D eigenvalue weighted by Gasteiger charge is 2.50. The zero-order chi connectivity index (χ0) is 20.1. The Labute approximate surface area is 173 Å². The predicted octanol–water partition coefficient (Wildman–Crippen LogP) is 3.92. The van der Waals surface area contributed by atoms with Crippen molar-refractivity contribution < 1.29 is 18.0 Å². The number of hydrogen-bond acceptors (Lipinski definition) is 4. The number of aryl methyl sites for hydroxylation is 1. The molecule has 29 heavy (non-hydrogen) atoms. The molecule has 9 heteroatoms. The Balaban J connectivity index is 0.00000240. The molecule has 2 atom stereocenters. The third kappa shape index (κ3) is 3.96. The van der Waals surface area contributed by atoms with E-state index >= 15 is 0 Å². The number of nitrogens with zero attached hydrogens (tertiary/aromatic N) is 3. The van der Waals surface area contributed by atoms with E-state index in [-0.39, 0.29) is 24.4 Å². The van der Waals surface area contributed by atoms with E-state index in [0.29, 0.717) is 17.1 Å². The van der Waals surface area contributed by atoms with Gasteiger partial charge in [0.15, 0.2) is 0 Å². The third-order valence-corrected chi connectivity index (χ3v) is 5.63. The normalized spacial score (nSPS) is 24.2. The molecule has 2 aromatic rings. The Morgan fingerprint density at radius 3 is 2.45 bits per heavy atom. The summed E-state index contributed by atoms with van der Waals surface area (Å²) in [5.41, 5.74) is 0.683. The minimum absolute atomic E-state index is 0. The molecule has 1 N–H and O–H groups in total. The molecule has 1 amide bonds. The average molecular weight is 427 g/mol. The number of likely N-dealkylation sites (tertiary alicyclic amines) is 1. The van der Waals surface area contributed by atoms with Crippen LogP contribution >= 0.6 is 12.4 Å². The van der Waals surface area contributed by atoms with Crippen molar-refractivity contribution in [2.45, 2.75) is 43.9 Å². The monoisotopic (exact) mass is 426 g/mol. The van der Waals surface area contributed by atoms with Crippen molar-refractivity contribution in [2.24, 2.45) is 0 Å². The molecule has 2 saturated heterocycles. The van der Waals surface area contributed by atoms with E-state index in [9.17, 15) is 18.0 Å². The van der Waals surface area contributed by atoms with Crippen LogP contribution in [0.5, 0.6) is 0 Å². The Hall–Kier alpha value is -2.19. The highest BCUT2D eigenvalue weighted by molar-refractivity contribution is 5.88. The summed E-state index contributed by atoms with van der Waals surface area (Å²) in [5.74, 6) is 0.680. The number of halogens is 4. The van der Waals surface area contributed by atoms with Gasteiger partial charge in [-0.05, 0) is 44.4 Å². The van der Waals surface area contributed by atoms with Crippen LogP contribution in [0.3, 0.4) is 0 Å². The number of carbonyl (C=O) groups is 1. The van der Waals surface area contributed by atoms with Gasteiger partial charge in [-0.15, -0.1) is 12.4 Å². The Kier molecular flexibility index (Phi) is 5.62. The van der Waals surface area contributed by atoms with Crippen molar-refractivity contribution in [3.05, 3.63) is 47.4 Å². The lowest BCUT2D eigenvalue weighted by Crippen LogP contribution is -2.47. The molecule has 0 saturated carbocycles. The van der Waals surface area contributed by atoms with Gasteiger partial charge in [-0.1, -0.05) is 12.1 Å². The maximum Gasteiger partial charge on any atom is 0.416 e. The molecular formula is C20H22ClF3N4O. The number of hydrogen-bond donors (Lipinski definition) is 1. The van der Waals surface area contributed by atoms with Crippen molar-refractivity contribution in [3.8, 4) is 11.3 Å². The van der Waals surface area contributed by atoms with E-state index in [0.717, 1.165) is 43.6 Å². The highest BCUT2D eigenvalue weighted by Crippen LogP contribution is 2.38. The van der Waals surface area contributed by atoms with E-state index in [2.05, 4.69) is 15.3 Å². The number of carbonyl (C=O) groups excluding carboxylic acids is 1. The standard InChI is InChI=1S/C20H21F3N4O.ClH/c1-12-11-16(13-3-5-14(6-4-13)20(21,22)23)25-17(24-12)15-7-8-19(26-15)9-10-27(2)18(19)28;/h3-6,11,15,26H,7-10H2,1-2H3;1H/t15-,19+;/m0./s1. The largest absolute Gasteiger partial charge is 0.416 e. The minimum atomic E-state index is -4.37. The van der Waals surface area contributed by atoms with Crippen molar-refractivity contribution in [1.29, 1.82) is 0 Å². The summed E-state index contributed by atoms with van der Waals surface area (Å²) < 4.78 is 38.4. The van der Waals surface area contributed by atoms with Gasteiger partial charge in [-0.25, -0.2) is 9.97 Å². The van der Waals surface area contributed by atoms with Gasteiger partial charge in [0.1, 0.15) is 11.4 Å². The van der Waals surface area contributed by atoms with E-state index < -0.39 is 17.3 Å². The second-order valence-electron chi connectivity index (χ2n) is 7.62. The first-order chi connectivity index (χ1) is 13.2. The topological polar surface area (TPSA) is 58.1 Å². The summed E-state index contributed by atoms with van der Waals surface area (Å²) in [4.78, 5) is 23.4. The van der Waals surface area contributed by atoms with Crippen molar-refractivity contribution in [1.82, 2.24) is 20.2 Å². The molecule has 0 unspecified atom stereocenters. The summed E-state index contributed by atoms with van der Waals surface area (Å²) in [6.07, 6.45) is -2.13. The van der Waals surface area contributed by atoms with Gasteiger partial charge < -0.3 is 4.90 Å². The van der Waals surface area contributed by atoms with Crippen LogP contribution in [0.2, 0.25) is 0 Å². The fourth-order valence-electron chi connectivity index (χ4n) is 4.09. The first-order valence-electron chi connectivity index (χ1n) is 9.24. The lowest BCUT2D eigenvalue weighted by Gasteiger charge is -2.23. The van der Waals surface area contributed by atoms with Gasteiger partial charge in [0, 0.05) is 24.8 Å². The maximum atomic E-state index is 12.8. The molecule has 1 aromatic heterocycles. The average Bonchev–Trinajstić information content (AvgIpc) is 3.21. The number of likely N-dealkylation sites (N-methyl/N-ethyl adjacent to an activating group) is 1. The summed E-state index contributed by atoms with van der Waals surface area (Å²) in [6, 6.07) is 6.57. The summed E-state index contributed by atoms with van der Waals surface area (Å²) >= 11 is 0. The molecule has 0 radical (unpaired) electrons. The van der Waals surface area contributed by atoms with Crippen LogP contribution in [0.1, 0.15) is 42.4 Å². The summed E-state index contributed by atoms with van der Waals surface area (Å²) in [5, 5.41) is 3.43. The van der Waals surface area contributed by atoms with Gasteiger partial charge in [0.05, 0.1) is 17.3 Å². The van der Waals surface area contributed by atoms with E-state index in [4.69, 9.17) is 0 Å². The number of nitrogens with one attached hydrogen (secondary N) is 1. The van der Waals surface area contributed by atoms with Crippen LogP contribution in [-0.4, -0.2) is 39.9 Å². The van der Waals surface area contributed by atoms with Crippen molar-refractivity contribution >= 4 is 18.3 Å². The fourth-order valence-corrected chi connectivity index (χ4v) is 4.09. The fraction of sp³-hybridized carbons (Fsp3) is 0.450. The predicted molar refractivity (Wildman–Crippen MR) is 105 cm³/mol. The van der Waals surface area contributed by atoms with Crippen molar-refractivity contribution in [2.75, 3.05) is 13.6 Å². The molecule has 1 aromatic carbocycles. The first-order valence-corrected chi connectivity index (χ1v) is 9.24. The smallest absolute Gasteiger partial charge is 0.344 e. The molecule has 2 aliphatic rings. The van der Waals surface area contributed by atoms with Gasteiger partial charge in [0.2, 0.25) is 5.91 Å². The lowest BCUT2D eigenvalue weighted by molar-refractivity contribution is -0.137. The molecule has 2 fully saturated rings. The van der Waals surface area contributed by atoms with E-state index in [1.54, 1.807) is 18.0 Å². The Morgan fingerprint density at radius 2 is 1.86 bits per heavy atom. The van der Waals surface area contributed by atoms with Crippen LogP contribution in [0, 0.1) is 6.92 Å². The first kappa shape index (κ1) is 21.5. The molecule has 2 aliphatic heterocycles. The molecule has 0 bridgehead atoms. The SMILES string of the molecule is Cc1cc(-c2ccc(C(F)(F)F)cc2)nc([C@@H]2CC[C@]3(CCN(C)C3=O)N2)n1.Cl. The zero-order valence-electron chi connectivity index (χ0n) is 16.1. The molecule has 156 valence electrons. The Bertz CT molecular complexity index is 919. The zero-order valence-corrected chi connectivity index (χ0v) is 16.9. The summed E-state index contributed by atoms with van der Waals surface area (Å²) in [6.45, 7) is 2.56. The molecular weight excluding hydrogens is 405 g/mol. The molecule has 4 rings (SSSR count). The Morgan fingerprint density at radius 1 is 1.17 bits per heavy atom. The van der Waals surface area contributed by atoms with Gasteiger partial charge in [-0.2, -0.15) is 13.2 Å². The third-order valence-electron chi connectivity index (χ3n) is 5.63. The number of aromatic nitrogens is 2. The second kappa shape index (κ2) is 7.57. The number of amides is 1. The number of rotatable bonds is 2. The van der Waals surface area contributed by atoms with E-state index in [1.807, 2.05) is 6.92 Å². The molecule has 1 spiro atoms. The second-order valence-corrected chi connectivity index (χ2v) is 7.62.